The number of aryl methyl sites for hydroxylation is 1. The van der Waals surface area contributed by atoms with Crippen molar-refractivity contribution in [1.82, 2.24) is 0 Å². The Labute approximate surface area is 101 Å². The van der Waals surface area contributed by atoms with Crippen LogP contribution >= 0.6 is 0 Å². The summed E-state index contributed by atoms with van der Waals surface area (Å²) in [4.78, 5) is 10.9. The summed E-state index contributed by atoms with van der Waals surface area (Å²) in [5.74, 6) is -0.762. The fraction of sp³-hybridized carbons (Fsp3) is 0.429. The van der Waals surface area contributed by atoms with Gasteiger partial charge in [0.05, 0.1) is 18.1 Å². The Hall–Kier alpha value is -1.82. The second kappa shape index (κ2) is 3.89. The number of benzene rings is 1. The van der Waals surface area contributed by atoms with Crippen LogP contribution in [0, 0.1) is 25.2 Å². The van der Waals surface area contributed by atoms with Crippen molar-refractivity contribution in [2.75, 3.05) is 0 Å². The Morgan fingerprint density at radius 3 is 2.59 bits per heavy atom. The van der Waals surface area contributed by atoms with Gasteiger partial charge in [-0.25, -0.2) is 0 Å². The van der Waals surface area contributed by atoms with Crippen LogP contribution in [0.4, 0.5) is 0 Å². The third kappa shape index (κ3) is 2.03. The topological polar surface area (TPSA) is 61.1 Å². The van der Waals surface area contributed by atoms with Crippen molar-refractivity contribution in [3.8, 4) is 6.07 Å². The second-order valence-electron chi connectivity index (χ2n) is 4.93. The maximum atomic E-state index is 10.9. The molecule has 1 N–H and O–H groups in total. The van der Waals surface area contributed by atoms with Crippen LogP contribution < -0.4 is 0 Å². The van der Waals surface area contributed by atoms with E-state index in [0.717, 1.165) is 29.5 Å². The highest BCUT2D eigenvalue weighted by molar-refractivity contribution is 5.70. The van der Waals surface area contributed by atoms with E-state index in [-0.39, 0.29) is 11.8 Å². The third-order valence-corrected chi connectivity index (χ3v) is 3.71. The Kier molecular flexibility index (Phi) is 2.66. The molecule has 0 aromatic heterocycles. The zero-order valence-electron chi connectivity index (χ0n) is 10.1. The monoisotopic (exact) mass is 229 g/mol. The van der Waals surface area contributed by atoms with Gasteiger partial charge in [0, 0.05) is 5.41 Å². The molecule has 3 nitrogen and oxygen atoms in total. The molecule has 0 amide bonds. The minimum atomic E-state index is -0.762. The Morgan fingerprint density at radius 2 is 2.12 bits per heavy atom. The molecule has 1 saturated carbocycles. The molecule has 88 valence electrons. The summed E-state index contributed by atoms with van der Waals surface area (Å²) in [7, 11) is 0. The van der Waals surface area contributed by atoms with Gasteiger partial charge < -0.3 is 5.11 Å². The van der Waals surface area contributed by atoms with Gasteiger partial charge in [0.1, 0.15) is 0 Å². The average molecular weight is 229 g/mol. The van der Waals surface area contributed by atoms with Crippen LogP contribution in [0.2, 0.25) is 0 Å². The first kappa shape index (κ1) is 11.7. The van der Waals surface area contributed by atoms with E-state index in [0.29, 0.717) is 5.56 Å². The van der Waals surface area contributed by atoms with E-state index in [4.69, 9.17) is 10.4 Å². The lowest BCUT2D eigenvalue weighted by atomic mass is 9.86. The maximum absolute atomic E-state index is 10.9. The zero-order valence-corrected chi connectivity index (χ0v) is 10.1. The Balaban J connectivity index is 2.49. The molecule has 0 radical (unpaired) electrons. The van der Waals surface area contributed by atoms with Crippen LogP contribution in [-0.4, -0.2) is 11.1 Å². The molecule has 1 aliphatic rings. The first-order valence-corrected chi connectivity index (χ1v) is 5.72. The summed E-state index contributed by atoms with van der Waals surface area (Å²) in [5, 5.41) is 18.0. The van der Waals surface area contributed by atoms with Gasteiger partial charge in [-0.3, -0.25) is 4.79 Å². The lowest BCUT2D eigenvalue weighted by Crippen LogP contribution is -2.15. The first-order chi connectivity index (χ1) is 7.98. The van der Waals surface area contributed by atoms with Crippen LogP contribution in [0.25, 0.3) is 0 Å². The molecule has 0 bridgehead atoms. The molecule has 0 saturated heterocycles. The van der Waals surface area contributed by atoms with Gasteiger partial charge in [-0.1, -0.05) is 0 Å². The molecule has 0 unspecified atom stereocenters. The summed E-state index contributed by atoms with van der Waals surface area (Å²) in [6, 6.07) is 5.86. The van der Waals surface area contributed by atoms with Crippen LogP contribution in [0.3, 0.4) is 0 Å². The van der Waals surface area contributed by atoms with Crippen LogP contribution in [0.5, 0.6) is 0 Å². The van der Waals surface area contributed by atoms with Gasteiger partial charge in [-0.05, 0) is 55.5 Å². The van der Waals surface area contributed by atoms with Crippen molar-refractivity contribution in [2.24, 2.45) is 0 Å². The number of nitriles is 1. The summed E-state index contributed by atoms with van der Waals surface area (Å²) >= 11 is 0. The van der Waals surface area contributed by atoms with Gasteiger partial charge in [-0.15, -0.1) is 0 Å². The van der Waals surface area contributed by atoms with E-state index in [1.807, 2.05) is 26.0 Å². The number of nitrogens with zero attached hydrogens (tertiary/aromatic N) is 1. The standard InChI is InChI=1S/C14H15NO2/c1-9-5-11(8-15)6-12(10(9)2)14(3-4-14)7-13(16)17/h5-6H,3-4,7H2,1-2H3,(H,16,17). The predicted molar refractivity (Wildman–Crippen MR) is 63.8 cm³/mol. The van der Waals surface area contributed by atoms with Crippen molar-refractivity contribution in [1.29, 1.82) is 5.26 Å². The molecule has 3 heteroatoms. The smallest absolute Gasteiger partial charge is 0.304 e. The van der Waals surface area contributed by atoms with Gasteiger partial charge in [-0.2, -0.15) is 5.26 Å². The zero-order chi connectivity index (χ0) is 12.6. The molecule has 0 spiro atoms. The fourth-order valence-corrected chi connectivity index (χ4v) is 2.46. The van der Waals surface area contributed by atoms with E-state index < -0.39 is 5.97 Å². The van der Waals surface area contributed by atoms with Crippen LogP contribution in [0.1, 0.15) is 41.5 Å². The fourth-order valence-electron chi connectivity index (χ4n) is 2.46. The number of aliphatic carboxylic acids is 1. The van der Waals surface area contributed by atoms with Gasteiger partial charge in [0.15, 0.2) is 0 Å². The third-order valence-electron chi connectivity index (χ3n) is 3.71. The van der Waals surface area contributed by atoms with Gasteiger partial charge in [0.2, 0.25) is 0 Å². The SMILES string of the molecule is Cc1cc(C#N)cc(C2(CC(=O)O)CC2)c1C. The van der Waals surface area contributed by atoms with Gasteiger partial charge in [0.25, 0.3) is 0 Å². The first-order valence-electron chi connectivity index (χ1n) is 5.72. The van der Waals surface area contributed by atoms with E-state index in [1.165, 1.54) is 0 Å². The molecule has 1 aliphatic carbocycles. The lowest BCUT2D eigenvalue weighted by Gasteiger charge is -2.18. The summed E-state index contributed by atoms with van der Waals surface area (Å²) in [5.41, 5.74) is 3.66. The number of hydrogen-bond donors (Lipinski definition) is 1. The molecule has 17 heavy (non-hydrogen) atoms. The molecule has 1 aromatic carbocycles. The number of carboxylic acid groups (broad SMARTS) is 1. The van der Waals surface area contributed by atoms with E-state index in [1.54, 1.807) is 0 Å². The molecule has 2 rings (SSSR count). The minimum Gasteiger partial charge on any atom is -0.481 e. The quantitative estimate of drug-likeness (QED) is 0.866. The highest BCUT2D eigenvalue weighted by Crippen LogP contribution is 2.52. The molecule has 0 heterocycles. The summed E-state index contributed by atoms with van der Waals surface area (Å²) in [6.07, 6.45) is 1.99. The Morgan fingerprint density at radius 1 is 1.47 bits per heavy atom. The summed E-state index contributed by atoms with van der Waals surface area (Å²) in [6.45, 7) is 3.98. The second-order valence-corrected chi connectivity index (χ2v) is 4.93. The Bertz CT molecular complexity index is 522. The molecule has 1 fully saturated rings. The largest absolute Gasteiger partial charge is 0.481 e. The van der Waals surface area contributed by atoms with E-state index >= 15 is 0 Å². The summed E-state index contributed by atoms with van der Waals surface area (Å²) < 4.78 is 0. The van der Waals surface area contributed by atoms with E-state index in [9.17, 15) is 4.79 Å². The van der Waals surface area contributed by atoms with E-state index in [2.05, 4.69) is 6.07 Å². The molecular formula is C14H15NO2. The van der Waals surface area contributed by atoms with Crippen molar-refractivity contribution in [2.45, 2.75) is 38.5 Å². The lowest BCUT2D eigenvalue weighted by molar-refractivity contribution is -0.137. The minimum absolute atomic E-state index is 0.169. The number of hydrogen-bond acceptors (Lipinski definition) is 2. The van der Waals surface area contributed by atoms with Crippen molar-refractivity contribution in [3.05, 3.63) is 34.4 Å². The number of carboxylic acids is 1. The average Bonchev–Trinajstić information content (AvgIpc) is 3.01. The molecule has 1 aromatic rings. The molecule has 0 aliphatic heterocycles. The van der Waals surface area contributed by atoms with Crippen LogP contribution in [-0.2, 0) is 10.2 Å². The highest BCUT2D eigenvalue weighted by atomic mass is 16.4. The molecule has 0 atom stereocenters. The van der Waals surface area contributed by atoms with Crippen molar-refractivity contribution >= 4 is 5.97 Å². The molecular weight excluding hydrogens is 214 g/mol. The number of carbonyl (C=O) groups is 1. The van der Waals surface area contributed by atoms with Crippen molar-refractivity contribution < 1.29 is 9.90 Å². The van der Waals surface area contributed by atoms with Gasteiger partial charge >= 0.3 is 5.97 Å². The maximum Gasteiger partial charge on any atom is 0.304 e. The van der Waals surface area contributed by atoms with Crippen molar-refractivity contribution in [3.63, 3.8) is 0 Å². The normalized spacial score (nSPS) is 16.3. The predicted octanol–water partition coefficient (Wildman–Crippen LogP) is 2.68. The van der Waals surface area contributed by atoms with Crippen LogP contribution in [0.15, 0.2) is 12.1 Å². The number of rotatable bonds is 3. The highest BCUT2D eigenvalue weighted by Gasteiger charge is 2.47.